The van der Waals surface area contributed by atoms with Crippen LogP contribution in [0.3, 0.4) is 0 Å². The molecular formula is C13H12N4O2. The van der Waals surface area contributed by atoms with E-state index in [1.54, 1.807) is 0 Å². The van der Waals surface area contributed by atoms with Crippen LogP contribution in [0.2, 0.25) is 0 Å². The minimum absolute atomic E-state index is 0.241. The zero-order valence-corrected chi connectivity index (χ0v) is 10.1. The maximum absolute atomic E-state index is 11.8. The lowest BCUT2D eigenvalue weighted by atomic mass is 10.1. The molecule has 96 valence electrons. The maximum Gasteiger partial charge on any atom is 0.346 e. The van der Waals surface area contributed by atoms with E-state index in [1.807, 2.05) is 30.3 Å². The smallest absolute Gasteiger partial charge is 0.303 e. The Bertz CT molecular complexity index is 814. The summed E-state index contributed by atoms with van der Waals surface area (Å²) in [4.78, 5) is 31.9. The Balaban J connectivity index is 1.96. The summed E-state index contributed by atoms with van der Waals surface area (Å²) in [6.45, 7) is 0.503. The Hall–Kier alpha value is -2.63. The zero-order chi connectivity index (χ0) is 13.2. The molecule has 2 aromatic heterocycles. The molecule has 0 amide bonds. The van der Waals surface area contributed by atoms with E-state index in [9.17, 15) is 9.59 Å². The van der Waals surface area contributed by atoms with Crippen molar-refractivity contribution in [2.75, 3.05) is 0 Å². The monoisotopic (exact) mass is 256 g/mol. The van der Waals surface area contributed by atoms with Crippen molar-refractivity contribution in [1.29, 1.82) is 0 Å². The van der Waals surface area contributed by atoms with Gasteiger partial charge in [0.05, 0.1) is 6.20 Å². The largest absolute Gasteiger partial charge is 0.346 e. The molecule has 0 aliphatic rings. The van der Waals surface area contributed by atoms with Crippen LogP contribution in [-0.4, -0.2) is 19.5 Å². The first-order valence-electron chi connectivity index (χ1n) is 5.96. The molecule has 6 heteroatoms. The van der Waals surface area contributed by atoms with Crippen LogP contribution in [0.25, 0.3) is 11.2 Å². The summed E-state index contributed by atoms with van der Waals surface area (Å²) >= 11 is 0. The van der Waals surface area contributed by atoms with E-state index >= 15 is 0 Å². The second-order valence-electron chi connectivity index (χ2n) is 4.27. The number of hydrogen-bond donors (Lipinski definition) is 2. The van der Waals surface area contributed by atoms with Gasteiger partial charge in [-0.05, 0) is 12.0 Å². The Kier molecular flexibility index (Phi) is 2.75. The van der Waals surface area contributed by atoms with Crippen molar-refractivity contribution in [3.05, 3.63) is 63.1 Å². The number of rotatable bonds is 3. The highest BCUT2D eigenvalue weighted by Gasteiger charge is 2.07. The molecule has 2 heterocycles. The van der Waals surface area contributed by atoms with Crippen LogP contribution in [0.15, 0.2) is 46.1 Å². The van der Waals surface area contributed by atoms with Crippen molar-refractivity contribution in [3.8, 4) is 0 Å². The first-order chi connectivity index (χ1) is 9.24. The van der Waals surface area contributed by atoms with Gasteiger partial charge in [-0.1, -0.05) is 30.3 Å². The van der Waals surface area contributed by atoms with E-state index in [4.69, 9.17) is 0 Å². The predicted molar refractivity (Wildman–Crippen MR) is 71.1 cm³/mol. The Labute approximate surface area is 107 Å². The van der Waals surface area contributed by atoms with Crippen LogP contribution in [0.4, 0.5) is 0 Å². The lowest BCUT2D eigenvalue weighted by Crippen LogP contribution is -2.19. The molecule has 0 spiro atoms. The number of nitrogens with one attached hydrogen (secondary N) is 2. The summed E-state index contributed by atoms with van der Waals surface area (Å²) in [6, 6.07) is 9.87. The fourth-order valence-corrected chi connectivity index (χ4v) is 2.07. The topological polar surface area (TPSA) is 83.5 Å². The number of nitrogens with zero attached hydrogens (tertiary/aromatic N) is 2. The van der Waals surface area contributed by atoms with E-state index in [-0.39, 0.29) is 5.69 Å². The molecule has 0 saturated heterocycles. The van der Waals surface area contributed by atoms with E-state index < -0.39 is 5.69 Å². The number of fused-ring (bicyclic) bond motifs is 1. The molecule has 1 aromatic carbocycles. The van der Waals surface area contributed by atoms with Gasteiger partial charge in [0, 0.05) is 6.54 Å². The highest BCUT2D eigenvalue weighted by atomic mass is 16.2. The van der Waals surface area contributed by atoms with Crippen LogP contribution in [0.1, 0.15) is 5.56 Å². The van der Waals surface area contributed by atoms with Crippen LogP contribution in [0.5, 0.6) is 0 Å². The van der Waals surface area contributed by atoms with Crippen molar-refractivity contribution in [1.82, 2.24) is 19.5 Å². The summed E-state index contributed by atoms with van der Waals surface area (Å²) in [7, 11) is 0. The van der Waals surface area contributed by atoms with Gasteiger partial charge < -0.3 is 4.98 Å². The third kappa shape index (κ3) is 2.20. The Morgan fingerprint density at radius 1 is 1.11 bits per heavy atom. The van der Waals surface area contributed by atoms with Crippen LogP contribution in [-0.2, 0) is 13.0 Å². The molecule has 0 atom stereocenters. The van der Waals surface area contributed by atoms with Gasteiger partial charge in [-0.3, -0.25) is 9.55 Å². The average molecular weight is 256 g/mol. The quantitative estimate of drug-likeness (QED) is 0.722. The van der Waals surface area contributed by atoms with Gasteiger partial charge in [-0.25, -0.2) is 9.59 Å². The highest BCUT2D eigenvalue weighted by Crippen LogP contribution is 2.05. The minimum Gasteiger partial charge on any atom is -0.303 e. The van der Waals surface area contributed by atoms with Gasteiger partial charge in [0.25, 0.3) is 0 Å². The number of H-pyrrole nitrogens is 2. The van der Waals surface area contributed by atoms with Crippen molar-refractivity contribution in [2.24, 2.45) is 0 Å². The number of hydrogen-bond acceptors (Lipinski definition) is 3. The molecular weight excluding hydrogens is 244 g/mol. The van der Waals surface area contributed by atoms with Crippen molar-refractivity contribution in [3.63, 3.8) is 0 Å². The summed E-state index contributed by atoms with van der Waals surface area (Å²) in [5.41, 5.74) is 1.47. The molecule has 3 aromatic rings. The summed E-state index contributed by atoms with van der Waals surface area (Å²) in [5, 5.41) is 0. The second kappa shape index (κ2) is 4.56. The van der Waals surface area contributed by atoms with Crippen LogP contribution in [0, 0.1) is 0 Å². The fourth-order valence-electron chi connectivity index (χ4n) is 2.07. The predicted octanol–water partition coefficient (Wildman–Crippen LogP) is 0.656. The molecule has 0 aliphatic heterocycles. The lowest BCUT2D eigenvalue weighted by molar-refractivity contribution is 0.684. The maximum atomic E-state index is 11.8. The van der Waals surface area contributed by atoms with E-state index in [0.29, 0.717) is 17.7 Å². The molecule has 19 heavy (non-hydrogen) atoms. The van der Waals surface area contributed by atoms with Gasteiger partial charge in [0.15, 0.2) is 0 Å². The van der Waals surface area contributed by atoms with Crippen molar-refractivity contribution in [2.45, 2.75) is 13.0 Å². The SMILES string of the molecule is O=c1ncc2[nH]c(=O)n(CCc3ccccc3)c2[nH]1. The van der Waals surface area contributed by atoms with Gasteiger partial charge in [-0.2, -0.15) is 4.98 Å². The van der Waals surface area contributed by atoms with Crippen molar-refractivity contribution < 1.29 is 0 Å². The van der Waals surface area contributed by atoms with Gasteiger partial charge in [0.1, 0.15) is 11.2 Å². The van der Waals surface area contributed by atoms with Crippen molar-refractivity contribution >= 4 is 11.2 Å². The molecule has 0 fully saturated rings. The van der Waals surface area contributed by atoms with Gasteiger partial charge >= 0.3 is 11.4 Å². The van der Waals surface area contributed by atoms with E-state index in [0.717, 1.165) is 12.0 Å². The Morgan fingerprint density at radius 3 is 2.68 bits per heavy atom. The molecule has 0 bridgehead atoms. The lowest BCUT2D eigenvalue weighted by Gasteiger charge is -2.03. The standard InChI is InChI=1S/C13H12N4O2/c18-12-14-8-10-11(16-12)17(13(19)15-10)7-6-9-4-2-1-3-5-9/h1-5,8H,6-7H2,(H,15,19)(H,14,16,18). The van der Waals surface area contributed by atoms with Crippen LogP contribution < -0.4 is 11.4 Å². The van der Waals surface area contributed by atoms with Gasteiger partial charge in [-0.15, -0.1) is 0 Å². The number of benzene rings is 1. The summed E-state index contributed by atoms with van der Waals surface area (Å²) < 4.78 is 1.52. The molecule has 0 aliphatic carbocycles. The van der Waals surface area contributed by atoms with Crippen LogP contribution >= 0.6 is 0 Å². The van der Waals surface area contributed by atoms with E-state index in [1.165, 1.54) is 10.8 Å². The molecule has 0 unspecified atom stereocenters. The number of aromatic amines is 2. The Morgan fingerprint density at radius 2 is 1.89 bits per heavy atom. The summed E-state index contributed by atoms with van der Waals surface area (Å²) in [5.74, 6) is 0. The zero-order valence-electron chi connectivity index (χ0n) is 10.1. The number of aryl methyl sites for hydroxylation is 2. The van der Waals surface area contributed by atoms with E-state index in [2.05, 4.69) is 15.0 Å². The number of aromatic nitrogens is 4. The molecule has 3 rings (SSSR count). The minimum atomic E-state index is -0.458. The molecule has 2 N–H and O–H groups in total. The summed E-state index contributed by atoms with van der Waals surface area (Å²) in [6.07, 6.45) is 2.09. The first-order valence-corrected chi connectivity index (χ1v) is 5.96. The molecule has 0 radical (unpaired) electrons. The third-order valence-corrected chi connectivity index (χ3v) is 3.01. The first kappa shape index (κ1) is 11.5. The molecule has 6 nitrogen and oxygen atoms in total. The fraction of sp³-hybridized carbons (Fsp3) is 0.154. The third-order valence-electron chi connectivity index (χ3n) is 3.01. The average Bonchev–Trinajstić information content (AvgIpc) is 2.73. The molecule has 0 saturated carbocycles. The second-order valence-corrected chi connectivity index (χ2v) is 4.27. The highest BCUT2D eigenvalue weighted by molar-refractivity contribution is 5.68. The normalized spacial score (nSPS) is 10.9. The number of imidazole rings is 1. The van der Waals surface area contributed by atoms with Gasteiger partial charge in [0.2, 0.25) is 0 Å².